The molecule has 2 N–H and O–H groups in total. The summed E-state index contributed by atoms with van der Waals surface area (Å²) in [4.78, 5) is 25.3. The average molecular weight is 418 g/mol. The van der Waals surface area contributed by atoms with Gasteiger partial charge in [-0.25, -0.2) is 0 Å². The number of hydrogen-bond acceptors (Lipinski definition) is 4. The lowest BCUT2D eigenvalue weighted by atomic mass is 10.1. The molecule has 160 valence electrons. The van der Waals surface area contributed by atoms with Crippen LogP contribution in [0.1, 0.15) is 35.8 Å². The highest BCUT2D eigenvalue weighted by molar-refractivity contribution is 6.04. The molecule has 0 saturated heterocycles. The normalized spacial score (nSPS) is 11.3. The van der Waals surface area contributed by atoms with Crippen LogP contribution in [-0.4, -0.2) is 25.0 Å². The molecule has 1 atom stereocenters. The molecule has 0 aliphatic heterocycles. The van der Waals surface area contributed by atoms with Crippen LogP contribution in [0.3, 0.4) is 0 Å². The van der Waals surface area contributed by atoms with Gasteiger partial charge in [-0.1, -0.05) is 54.6 Å². The Kier molecular flexibility index (Phi) is 7.65. The van der Waals surface area contributed by atoms with Crippen LogP contribution in [0.5, 0.6) is 11.5 Å². The second-order valence-corrected chi connectivity index (χ2v) is 6.87. The fourth-order valence-corrected chi connectivity index (χ4v) is 3.06. The third-order valence-corrected chi connectivity index (χ3v) is 4.60. The van der Waals surface area contributed by atoms with Crippen molar-refractivity contribution in [1.29, 1.82) is 0 Å². The average Bonchev–Trinajstić information content (AvgIpc) is 2.79. The molecule has 0 aromatic heterocycles. The minimum atomic E-state index is -0.373. The Hall–Kier alpha value is -3.80. The summed E-state index contributed by atoms with van der Waals surface area (Å²) in [6.45, 7) is 4.08. The molecular formula is C25H26N2O4. The highest BCUT2D eigenvalue weighted by Gasteiger charge is 2.16. The van der Waals surface area contributed by atoms with Gasteiger partial charge in [0, 0.05) is 0 Å². The number of nitrogens with one attached hydrogen (secondary N) is 2. The zero-order valence-electron chi connectivity index (χ0n) is 17.6. The third-order valence-electron chi connectivity index (χ3n) is 4.60. The molecule has 0 aliphatic rings. The van der Waals surface area contributed by atoms with Crippen molar-refractivity contribution in [2.45, 2.75) is 19.9 Å². The van der Waals surface area contributed by atoms with Crippen LogP contribution in [0.15, 0.2) is 78.9 Å². The number of ether oxygens (including phenoxy) is 2. The highest BCUT2D eigenvalue weighted by atomic mass is 16.5. The van der Waals surface area contributed by atoms with E-state index >= 15 is 0 Å². The summed E-state index contributed by atoms with van der Waals surface area (Å²) in [5.74, 6) is 0.423. The minimum Gasteiger partial charge on any atom is -0.490 e. The van der Waals surface area contributed by atoms with Gasteiger partial charge in [-0.15, -0.1) is 0 Å². The van der Waals surface area contributed by atoms with E-state index in [-0.39, 0.29) is 24.5 Å². The van der Waals surface area contributed by atoms with Crippen molar-refractivity contribution in [2.24, 2.45) is 0 Å². The summed E-state index contributed by atoms with van der Waals surface area (Å²) < 4.78 is 11.1. The smallest absolute Gasteiger partial charge is 0.262 e. The van der Waals surface area contributed by atoms with E-state index in [4.69, 9.17) is 9.47 Å². The van der Waals surface area contributed by atoms with Crippen molar-refractivity contribution in [3.05, 3.63) is 90.0 Å². The first kappa shape index (κ1) is 21.9. The van der Waals surface area contributed by atoms with Crippen LogP contribution in [0.25, 0.3) is 0 Å². The number of amides is 2. The van der Waals surface area contributed by atoms with E-state index in [0.29, 0.717) is 29.4 Å². The first-order chi connectivity index (χ1) is 15.1. The molecule has 3 rings (SSSR count). The van der Waals surface area contributed by atoms with Crippen molar-refractivity contribution in [3.63, 3.8) is 0 Å². The molecule has 0 heterocycles. The highest BCUT2D eigenvalue weighted by Crippen LogP contribution is 2.26. The topological polar surface area (TPSA) is 76.7 Å². The SMILES string of the molecule is CCOc1ccccc1OCC(=O)Nc1ccccc1C(=O)N[C@H](C)c1ccccc1. The Morgan fingerprint density at radius 3 is 2.16 bits per heavy atom. The number of para-hydroxylation sites is 3. The van der Waals surface area contributed by atoms with Crippen molar-refractivity contribution in [3.8, 4) is 11.5 Å². The Labute approximate surface area is 182 Å². The monoisotopic (exact) mass is 418 g/mol. The molecular weight excluding hydrogens is 392 g/mol. The quantitative estimate of drug-likeness (QED) is 0.533. The molecule has 0 bridgehead atoms. The number of carbonyl (C=O) groups is 2. The second-order valence-electron chi connectivity index (χ2n) is 6.87. The van der Waals surface area contributed by atoms with Gasteiger partial charge < -0.3 is 20.1 Å². The molecule has 2 amide bonds. The molecule has 6 nitrogen and oxygen atoms in total. The first-order valence-electron chi connectivity index (χ1n) is 10.2. The van der Waals surface area contributed by atoms with Gasteiger partial charge in [0.25, 0.3) is 11.8 Å². The van der Waals surface area contributed by atoms with Crippen LogP contribution < -0.4 is 20.1 Å². The standard InChI is InChI=1S/C25H26N2O4/c1-3-30-22-15-9-10-16-23(22)31-17-24(28)27-21-14-8-7-13-20(21)25(29)26-18(2)19-11-5-4-6-12-19/h4-16,18H,3,17H2,1-2H3,(H,26,29)(H,27,28)/t18-/m1/s1. The number of benzene rings is 3. The lowest BCUT2D eigenvalue weighted by Crippen LogP contribution is -2.28. The predicted octanol–water partition coefficient (Wildman–Crippen LogP) is 4.59. The Morgan fingerprint density at radius 2 is 1.45 bits per heavy atom. The number of rotatable bonds is 9. The van der Waals surface area contributed by atoms with E-state index in [0.717, 1.165) is 5.56 Å². The molecule has 0 spiro atoms. The zero-order chi connectivity index (χ0) is 22.1. The van der Waals surface area contributed by atoms with Crippen molar-refractivity contribution in [2.75, 3.05) is 18.5 Å². The molecule has 3 aromatic rings. The van der Waals surface area contributed by atoms with E-state index in [9.17, 15) is 9.59 Å². The first-order valence-corrected chi connectivity index (χ1v) is 10.2. The van der Waals surface area contributed by atoms with Crippen LogP contribution in [0, 0.1) is 0 Å². The van der Waals surface area contributed by atoms with Crippen LogP contribution in [0.4, 0.5) is 5.69 Å². The fraction of sp³-hybridized carbons (Fsp3) is 0.200. The summed E-state index contributed by atoms with van der Waals surface area (Å²) in [6.07, 6.45) is 0. The Bertz CT molecular complexity index is 1020. The van der Waals surface area contributed by atoms with Crippen LogP contribution >= 0.6 is 0 Å². The molecule has 6 heteroatoms. The zero-order valence-corrected chi connectivity index (χ0v) is 17.6. The van der Waals surface area contributed by atoms with Gasteiger partial charge in [-0.2, -0.15) is 0 Å². The van der Waals surface area contributed by atoms with Crippen LogP contribution in [-0.2, 0) is 4.79 Å². The van der Waals surface area contributed by atoms with Crippen molar-refractivity contribution < 1.29 is 19.1 Å². The number of hydrogen-bond donors (Lipinski definition) is 2. The van der Waals surface area contributed by atoms with Gasteiger partial charge in [0.2, 0.25) is 0 Å². The summed E-state index contributed by atoms with van der Waals surface area (Å²) in [7, 11) is 0. The summed E-state index contributed by atoms with van der Waals surface area (Å²) in [5.41, 5.74) is 1.80. The fourth-order valence-electron chi connectivity index (χ4n) is 3.06. The van der Waals surface area contributed by atoms with E-state index in [2.05, 4.69) is 10.6 Å². The molecule has 31 heavy (non-hydrogen) atoms. The molecule has 0 fully saturated rings. The van der Waals surface area contributed by atoms with Crippen molar-refractivity contribution in [1.82, 2.24) is 5.32 Å². The van der Waals surface area contributed by atoms with Gasteiger partial charge in [0.1, 0.15) is 0 Å². The summed E-state index contributed by atoms with van der Waals surface area (Å²) >= 11 is 0. The lowest BCUT2D eigenvalue weighted by molar-refractivity contribution is -0.118. The largest absolute Gasteiger partial charge is 0.490 e. The molecule has 3 aromatic carbocycles. The van der Waals surface area contributed by atoms with Gasteiger partial charge in [-0.05, 0) is 43.7 Å². The van der Waals surface area contributed by atoms with Gasteiger partial charge in [-0.3, -0.25) is 9.59 Å². The molecule has 0 saturated carbocycles. The summed E-state index contributed by atoms with van der Waals surface area (Å²) in [5, 5.41) is 5.73. The van der Waals surface area contributed by atoms with Crippen molar-refractivity contribution >= 4 is 17.5 Å². The maximum absolute atomic E-state index is 12.8. The minimum absolute atomic E-state index is 0.171. The van der Waals surface area contributed by atoms with Gasteiger partial charge in [0.15, 0.2) is 18.1 Å². The molecule has 0 radical (unpaired) electrons. The summed E-state index contributed by atoms with van der Waals surface area (Å²) in [6, 6.07) is 23.6. The lowest BCUT2D eigenvalue weighted by Gasteiger charge is -2.16. The number of carbonyl (C=O) groups excluding carboxylic acids is 2. The van der Waals surface area contributed by atoms with E-state index in [1.807, 2.05) is 56.3 Å². The maximum atomic E-state index is 12.8. The molecule has 0 aliphatic carbocycles. The Morgan fingerprint density at radius 1 is 0.839 bits per heavy atom. The molecule has 0 unspecified atom stereocenters. The van der Waals surface area contributed by atoms with E-state index in [1.54, 1.807) is 36.4 Å². The Balaban J connectivity index is 1.63. The van der Waals surface area contributed by atoms with Crippen LogP contribution in [0.2, 0.25) is 0 Å². The third kappa shape index (κ3) is 6.09. The second kappa shape index (κ2) is 10.8. The van der Waals surface area contributed by atoms with Gasteiger partial charge >= 0.3 is 0 Å². The maximum Gasteiger partial charge on any atom is 0.262 e. The predicted molar refractivity (Wildman–Crippen MR) is 121 cm³/mol. The van der Waals surface area contributed by atoms with E-state index < -0.39 is 0 Å². The number of anilines is 1. The van der Waals surface area contributed by atoms with E-state index in [1.165, 1.54) is 0 Å². The van der Waals surface area contributed by atoms with Gasteiger partial charge in [0.05, 0.1) is 23.9 Å².